The Morgan fingerprint density at radius 2 is 1.93 bits per heavy atom. The van der Waals surface area contributed by atoms with Gasteiger partial charge >= 0.3 is 6.18 Å². The van der Waals surface area contributed by atoms with Gasteiger partial charge in [-0.05, 0) is 30.3 Å². The van der Waals surface area contributed by atoms with Crippen molar-refractivity contribution >= 4 is 23.2 Å². The van der Waals surface area contributed by atoms with E-state index in [0.29, 0.717) is 22.2 Å². The van der Waals surface area contributed by atoms with E-state index in [1.807, 2.05) is 6.07 Å². The molecule has 3 aromatic rings. The van der Waals surface area contributed by atoms with Crippen molar-refractivity contribution in [3.8, 4) is 11.3 Å². The number of carbonyl (C=O) groups excluding carboxylic acids is 1. The van der Waals surface area contributed by atoms with E-state index in [1.54, 1.807) is 18.2 Å². The lowest BCUT2D eigenvalue weighted by atomic mass is 10.2. The highest BCUT2D eigenvalue weighted by Gasteiger charge is 2.30. The van der Waals surface area contributed by atoms with Gasteiger partial charge in [0, 0.05) is 24.1 Å². The molecule has 1 N–H and O–H groups in total. The fourth-order valence-electron chi connectivity index (χ4n) is 2.43. The lowest BCUT2D eigenvalue weighted by molar-refractivity contribution is -0.137. The van der Waals surface area contributed by atoms with E-state index in [0.717, 1.165) is 12.1 Å². The number of halogens is 4. The van der Waals surface area contributed by atoms with Gasteiger partial charge in [0.2, 0.25) is 5.91 Å². The Morgan fingerprint density at radius 1 is 1.15 bits per heavy atom. The molecule has 0 aliphatic rings. The van der Waals surface area contributed by atoms with Gasteiger partial charge in [-0.3, -0.25) is 4.79 Å². The van der Waals surface area contributed by atoms with Crippen molar-refractivity contribution in [1.82, 2.24) is 4.98 Å². The van der Waals surface area contributed by atoms with E-state index >= 15 is 0 Å². The quantitative estimate of drug-likeness (QED) is 0.614. The first-order valence-corrected chi connectivity index (χ1v) is 8.37. The van der Waals surface area contributed by atoms with Crippen molar-refractivity contribution in [3.63, 3.8) is 0 Å². The number of hydrogen-bond acceptors (Lipinski definition) is 3. The molecule has 0 spiro atoms. The first kappa shape index (κ1) is 19.0. The zero-order valence-electron chi connectivity index (χ0n) is 13.9. The Hall–Kier alpha value is -2.80. The molecule has 0 saturated heterocycles. The standard InChI is InChI=1S/C19H14ClF3N2O2/c20-15-7-2-1-6-14(15)16-11-24-18(27-16)9-8-17(26)25-13-5-3-4-12(10-13)19(21,22)23/h1-7,10-11H,8-9H2,(H,25,26). The summed E-state index contributed by atoms with van der Waals surface area (Å²) in [5.74, 6) is 0.379. The van der Waals surface area contributed by atoms with Crippen LogP contribution in [0, 0.1) is 0 Å². The molecule has 0 aliphatic heterocycles. The number of aryl methyl sites for hydroxylation is 1. The van der Waals surface area contributed by atoms with Crippen molar-refractivity contribution in [2.75, 3.05) is 5.32 Å². The van der Waals surface area contributed by atoms with E-state index < -0.39 is 17.6 Å². The Bertz CT molecular complexity index is 954. The monoisotopic (exact) mass is 394 g/mol. The van der Waals surface area contributed by atoms with Gasteiger partial charge in [0.1, 0.15) is 0 Å². The van der Waals surface area contributed by atoms with Crippen LogP contribution in [0.1, 0.15) is 17.9 Å². The molecule has 0 aliphatic carbocycles. The van der Waals surface area contributed by atoms with Gasteiger partial charge in [-0.25, -0.2) is 4.98 Å². The SMILES string of the molecule is O=C(CCc1ncc(-c2ccccc2Cl)o1)Nc1cccc(C(F)(F)F)c1. The van der Waals surface area contributed by atoms with Crippen LogP contribution in [-0.2, 0) is 17.4 Å². The maximum atomic E-state index is 12.7. The minimum Gasteiger partial charge on any atom is -0.441 e. The summed E-state index contributed by atoms with van der Waals surface area (Å²) < 4.78 is 43.7. The Kier molecular flexibility index (Phi) is 5.51. The highest BCUT2D eigenvalue weighted by atomic mass is 35.5. The fraction of sp³-hybridized carbons (Fsp3) is 0.158. The van der Waals surface area contributed by atoms with E-state index in [4.69, 9.17) is 16.0 Å². The molecule has 0 unspecified atom stereocenters. The minimum absolute atomic E-state index is 0.0126. The molecule has 27 heavy (non-hydrogen) atoms. The van der Waals surface area contributed by atoms with Gasteiger partial charge in [0.05, 0.1) is 16.8 Å². The van der Waals surface area contributed by atoms with Gasteiger partial charge in [0.25, 0.3) is 0 Å². The summed E-state index contributed by atoms with van der Waals surface area (Å²) in [6.07, 6.45) is -2.73. The summed E-state index contributed by atoms with van der Waals surface area (Å²) in [6.45, 7) is 0. The number of nitrogens with one attached hydrogen (secondary N) is 1. The number of nitrogens with zero attached hydrogens (tertiary/aromatic N) is 1. The molecule has 1 heterocycles. The number of oxazole rings is 1. The van der Waals surface area contributed by atoms with Crippen LogP contribution in [0.25, 0.3) is 11.3 Å². The predicted octanol–water partition coefficient (Wildman–Crippen LogP) is 5.59. The third-order valence-electron chi connectivity index (χ3n) is 3.73. The first-order valence-electron chi connectivity index (χ1n) is 7.99. The number of hydrogen-bond donors (Lipinski definition) is 1. The van der Waals surface area contributed by atoms with Crippen LogP contribution in [0.2, 0.25) is 5.02 Å². The van der Waals surface area contributed by atoms with Gasteiger partial charge in [0.15, 0.2) is 11.7 Å². The molecule has 8 heteroatoms. The van der Waals surface area contributed by atoms with Crippen LogP contribution >= 0.6 is 11.6 Å². The summed E-state index contributed by atoms with van der Waals surface area (Å²) in [6, 6.07) is 11.6. The minimum atomic E-state index is -4.46. The highest BCUT2D eigenvalue weighted by Crippen LogP contribution is 2.31. The fourth-order valence-corrected chi connectivity index (χ4v) is 2.66. The average Bonchev–Trinajstić information content (AvgIpc) is 3.09. The third-order valence-corrected chi connectivity index (χ3v) is 4.06. The largest absolute Gasteiger partial charge is 0.441 e. The molecule has 2 aromatic carbocycles. The van der Waals surface area contributed by atoms with Gasteiger partial charge < -0.3 is 9.73 Å². The summed E-state index contributed by atoms with van der Waals surface area (Å²) in [7, 11) is 0. The maximum Gasteiger partial charge on any atom is 0.416 e. The smallest absolute Gasteiger partial charge is 0.416 e. The zero-order valence-corrected chi connectivity index (χ0v) is 14.6. The Balaban J connectivity index is 1.60. The molecular formula is C19H14ClF3N2O2. The van der Waals surface area contributed by atoms with Crippen LogP contribution in [0.5, 0.6) is 0 Å². The van der Waals surface area contributed by atoms with E-state index in [1.165, 1.54) is 18.3 Å². The van der Waals surface area contributed by atoms with Crippen LogP contribution in [0.4, 0.5) is 18.9 Å². The van der Waals surface area contributed by atoms with Gasteiger partial charge in [-0.2, -0.15) is 13.2 Å². The van der Waals surface area contributed by atoms with Crippen molar-refractivity contribution in [1.29, 1.82) is 0 Å². The molecule has 4 nitrogen and oxygen atoms in total. The molecule has 1 amide bonds. The number of rotatable bonds is 5. The molecular weight excluding hydrogens is 381 g/mol. The Labute approximate surface area is 158 Å². The van der Waals surface area contributed by atoms with E-state index in [2.05, 4.69) is 10.3 Å². The second-order valence-corrected chi connectivity index (χ2v) is 6.13. The van der Waals surface area contributed by atoms with Gasteiger partial charge in [-0.1, -0.05) is 29.8 Å². The summed E-state index contributed by atoms with van der Waals surface area (Å²) in [5.41, 5.74) is -0.0531. The maximum absolute atomic E-state index is 12.7. The number of carbonyl (C=O) groups is 1. The number of anilines is 1. The molecule has 0 fully saturated rings. The van der Waals surface area contributed by atoms with Crippen molar-refractivity contribution in [2.24, 2.45) is 0 Å². The predicted molar refractivity (Wildman–Crippen MR) is 95.3 cm³/mol. The molecule has 140 valence electrons. The molecule has 0 radical (unpaired) electrons. The second kappa shape index (κ2) is 7.84. The van der Waals surface area contributed by atoms with Crippen molar-refractivity contribution < 1.29 is 22.4 Å². The molecule has 0 bridgehead atoms. The lowest BCUT2D eigenvalue weighted by Gasteiger charge is -2.09. The lowest BCUT2D eigenvalue weighted by Crippen LogP contribution is -2.13. The highest BCUT2D eigenvalue weighted by molar-refractivity contribution is 6.33. The van der Waals surface area contributed by atoms with Crippen molar-refractivity contribution in [3.05, 3.63) is 71.2 Å². The van der Waals surface area contributed by atoms with Crippen LogP contribution in [0.15, 0.2) is 59.1 Å². The second-order valence-electron chi connectivity index (χ2n) is 5.72. The Morgan fingerprint density at radius 3 is 2.67 bits per heavy atom. The van der Waals surface area contributed by atoms with Crippen LogP contribution in [-0.4, -0.2) is 10.9 Å². The zero-order chi connectivity index (χ0) is 19.4. The number of benzene rings is 2. The molecule has 0 saturated carbocycles. The summed E-state index contributed by atoms with van der Waals surface area (Å²) in [4.78, 5) is 16.1. The van der Waals surface area contributed by atoms with Gasteiger partial charge in [-0.15, -0.1) is 0 Å². The molecule has 0 atom stereocenters. The number of alkyl halides is 3. The number of amides is 1. The normalized spacial score (nSPS) is 11.4. The third kappa shape index (κ3) is 4.89. The first-order chi connectivity index (χ1) is 12.8. The molecule has 3 rings (SSSR count). The van der Waals surface area contributed by atoms with Crippen LogP contribution < -0.4 is 5.32 Å². The van der Waals surface area contributed by atoms with E-state index in [9.17, 15) is 18.0 Å². The summed E-state index contributed by atoms with van der Waals surface area (Å²) in [5, 5.41) is 2.96. The number of aromatic nitrogens is 1. The van der Waals surface area contributed by atoms with E-state index in [-0.39, 0.29) is 18.5 Å². The summed E-state index contributed by atoms with van der Waals surface area (Å²) >= 11 is 6.10. The van der Waals surface area contributed by atoms with Crippen molar-refractivity contribution in [2.45, 2.75) is 19.0 Å². The van der Waals surface area contributed by atoms with Crippen LogP contribution in [0.3, 0.4) is 0 Å². The topological polar surface area (TPSA) is 55.1 Å². The molecule has 1 aromatic heterocycles. The average molecular weight is 395 g/mol.